The third-order valence-corrected chi connectivity index (χ3v) is 5.85. The molecule has 1 amide bonds. The Bertz CT molecular complexity index is 1070. The number of ether oxygens (including phenoxy) is 1. The number of aromatic nitrogens is 1. The third kappa shape index (κ3) is 4.54. The maximum atomic E-state index is 12.7. The van der Waals surface area contributed by atoms with E-state index in [0.717, 1.165) is 28.3 Å². The molecule has 0 N–H and O–H groups in total. The van der Waals surface area contributed by atoms with Gasteiger partial charge in [-0.15, -0.1) is 0 Å². The molecule has 3 rings (SSSR count). The van der Waals surface area contributed by atoms with E-state index in [1.807, 2.05) is 25.1 Å². The fraction of sp³-hybridized carbons (Fsp3) is 0.286. The van der Waals surface area contributed by atoms with Crippen molar-refractivity contribution in [3.8, 4) is 5.75 Å². The van der Waals surface area contributed by atoms with Crippen molar-refractivity contribution in [1.82, 2.24) is 4.57 Å². The van der Waals surface area contributed by atoms with Crippen LogP contribution in [0.1, 0.15) is 34.6 Å². The lowest BCUT2D eigenvalue weighted by Gasteiger charge is -2.05. The molecular formula is C21H22N2O3S2. The van der Waals surface area contributed by atoms with Gasteiger partial charge in [-0.25, -0.2) is 0 Å². The second kappa shape index (κ2) is 9.21. The van der Waals surface area contributed by atoms with Gasteiger partial charge < -0.3 is 9.30 Å². The van der Waals surface area contributed by atoms with E-state index in [-0.39, 0.29) is 11.7 Å². The number of nitrogens with zero attached hydrogens (tertiary/aromatic N) is 2. The Hall–Kier alpha value is -2.38. The van der Waals surface area contributed by atoms with Gasteiger partial charge in [0.25, 0.3) is 5.91 Å². The lowest BCUT2D eigenvalue weighted by atomic mass is 10.1. The highest BCUT2D eigenvalue weighted by molar-refractivity contribution is 7.98. The fourth-order valence-corrected chi connectivity index (χ4v) is 4.24. The van der Waals surface area contributed by atoms with Gasteiger partial charge >= 0.3 is 0 Å². The molecule has 0 unspecified atom stereocenters. The average molecular weight is 415 g/mol. The SMILES string of the molecule is CCOc1ccc2c(c1)sc(=NC(=O)c1ccc(C(C)=O)cc1)n2CCSC. The molecular weight excluding hydrogens is 392 g/mol. The Morgan fingerprint density at radius 1 is 1.14 bits per heavy atom. The summed E-state index contributed by atoms with van der Waals surface area (Å²) in [5, 5.41) is 0. The molecule has 0 saturated carbocycles. The van der Waals surface area contributed by atoms with Crippen molar-refractivity contribution in [3.05, 3.63) is 58.4 Å². The van der Waals surface area contributed by atoms with Crippen LogP contribution in [0.15, 0.2) is 47.5 Å². The Morgan fingerprint density at radius 2 is 1.86 bits per heavy atom. The Kier molecular flexibility index (Phi) is 6.70. The van der Waals surface area contributed by atoms with Crippen LogP contribution in [0.5, 0.6) is 5.75 Å². The van der Waals surface area contributed by atoms with Crippen molar-refractivity contribution in [2.24, 2.45) is 4.99 Å². The first-order valence-corrected chi connectivity index (χ1v) is 11.2. The maximum absolute atomic E-state index is 12.7. The zero-order chi connectivity index (χ0) is 20.1. The number of aryl methyl sites for hydroxylation is 1. The number of thioether (sulfide) groups is 1. The molecule has 2 aromatic carbocycles. The summed E-state index contributed by atoms with van der Waals surface area (Å²) in [6.45, 7) is 4.83. The second-order valence-electron chi connectivity index (χ2n) is 6.14. The highest BCUT2D eigenvalue weighted by Crippen LogP contribution is 2.24. The predicted molar refractivity (Wildman–Crippen MR) is 116 cm³/mol. The Labute approximate surface area is 172 Å². The predicted octanol–water partition coefficient (Wildman–Crippen LogP) is 4.41. The summed E-state index contributed by atoms with van der Waals surface area (Å²) in [6, 6.07) is 12.6. The van der Waals surface area contributed by atoms with Crippen molar-refractivity contribution < 1.29 is 14.3 Å². The first kappa shape index (κ1) is 20.4. The van der Waals surface area contributed by atoms with Gasteiger partial charge in [0.1, 0.15) is 5.75 Å². The number of ketones is 1. The van der Waals surface area contributed by atoms with E-state index in [4.69, 9.17) is 4.74 Å². The Balaban J connectivity index is 2.03. The molecule has 0 spiro atoms. The second-order valence-corrected chi connectivity index (χ2v) is 8.14. The summed E-state index contributed by atoms with van der Waals surface area (Å²) in [7, 11) is 0. The van der Waals surface area contributed by atoms with E-state index in [0.29, 0.717) is 22.5 Å². The van der Waals surface area contributed by atoms with Gasteiger partial charge in [-0.05, 0) is 50.4 Å². The molecule has 0 aliphatic rings. The van der Waals surface area contributed by atoms with Crippen LogP contribution in [0.4, 0.5) is 0 Å². The summed E-state index contributed by atoms with van der Waals surface area (Å²) >= 11 is 3.23. The van der Waals surface area contributed by atoms with E-state index in [9.17, 15) is 9.59 Å². The van der Waals surface area contributed by atoms with Gasteiger partial charge in [-0.2, -0.15) is 16.8 Å². The van der Waals surface area contributed by atoms with Gasteiger partial charge in [0.05, 0.1) is 16.8 Å². The monoisotopic (exact) mass is 414 g/mol. The largest absolute Gasteiger partial charge is 0.494 e. The molecule has 0 bridgehead atoms. The van der Waals surface area contributed by atoms with Crippen LogP contribution in [-0.4, -0.2) is 34.9 Å². The highest BCUT2D eigenvalue weighted by atomic mass is 32.2. The average Bonchev–Trinajstić information content (AvgIpc) is 3.02. The number of carbonyl (C=O) groups is 2. The van der Waals surface area contributed by atoms with Crippen LogP contribution >= 0.6 is 23.1 Å². The highest BCUT2D eigenvalue weighted by Gasteiger charge is 2.11. The van der Waals surface area contributed by atoms with Crippen LogP contribution in [-0.2, 0) is 6.54 Å². The molecule has 28 heavy (non-hydrogen) atoms. The minimum atomic E-state index is -0.315. The first-order chi connectivity index (χ1) is 13.5. The number of hydrogen-bond donors (Lipinski definition) is 0. The van der Waals surface area contributed by atoms with Crippen molar-refractivity contribution >= 4 is 45.0 Å². The van der Waals surface area contributed by atoms with Crippen molar-refractivity contribution in [2.75, 3.05) is 18.6 Å². The molecule has 0 aliphatic heterocycles. The lowest BCUT2D eigenvalue weighted by Crippen LogP contribution is -2.18. The summed E-state index contributed by atoms with van der Waals surface area (Å²) in [4.78, 5) is 29.1. The van der Waals surface area contributed by atoms with Gasteiger partial charge in [0.2, 0.25) is 0 Å². The molecule has 0 saturated heterocycles. The number of fused-ring (bicyclic) bond motifs is 1. The smallest absolute Gasteiger partial charge is 0.279 e. The Morgan fingerprint density at radius 3 is 2.50 bits per heavy atom. The number of thiazole rings is 1. The molecule has 5 nitrogen and oxygen atoms in total. The number of carbonyl (C=O) groups excluding carboxylic acids is 2. The summed E-state index contributed by atoms with van der Waals surface area (Å²) in [5.74, 6) is 1.39. The first-order valence-electron chi connectivity index (χ1n) is 8.98. The van der Waals surface area contributed by atoms with E-state index < -0.39 is 0 Å². The van der Waals surface area contributed by atoms with Gasteiger partial charge in [-0.1, -0.05) is 23.5 Å². The van der Waals surface area contributed by atoms with Crippen molar-refractivity contribution in [3.63, 3.8) is 0 Å². The van der Waals surface area contributed by atoms with Crippen LogP contribution in [0, 0.1) is 0 Å². The van der Waals surface area contributed by atoms with E-state index in [1.54, 1.807) is 36.0 Å². The zero-order valence-electron chi connectivity index (χ0n) is 16.1. The normalized spacial score (nSPS) is 11.8. The van der Waals surface area contributed by atoms with Crippen molar-refractivity contribution in [1.29, 1.82) is 0 Å². The fourth-order valence-electron chi connectivity index (χ4n) is 2.79. The lowest BCUT2D eigenvalue weighted by molar-refractivity contribution is 0.0991. The summed E-state index contributed by atoms with van der Waals surface area (Å²) < 4.78 is 8.70. The zero-order valence-corrected chi connectivity index (χ0v) is 17.7. The molecule has 146 valence electrons. The molecule has 0 aliphatic carbocycles. The molecule has 0 radical (unpaired) electrons. The minimum Gasteiger partial charge on any atom is -0.494 e. The van der Waals surface area contributed by atoms with Gasteiger partial charge in [-0.3, -0.25) is 9.59 Å². The van der Waals surface area contributed by atoms with Crippen LogP contribution in [0.2, 0.25) is 0 Å². The molecule has 0 atom stereocenters. The van der Waals surface area contributed by atoms with E-state index >= 15 is 0 Å². The number of rotatable bonds is 7. The van der Waals surface area contributed by atoms with Crippen LogP contribution in [0.25, 0.3) is 10.2 Å². The van der Waals surface area contributed by atoms with E-state index in [1.165, 1.54) is 18.3 Å². The molecule has 1 aromatic heterocycles. The molecule has 7 heteroatoms. The van der Waals surface area contributed by atoms with E-state index in [2.05, 4.69) is 15.8 Å². The quantitative estimate of drug-likeness (QED) is 0.538. The summed E-state index contributed by atoms with van der Waals surface area (Å²) in [6.07, 6.45) is 2.06. The number of benzene rings is 2. The third-order valence-electron chi connectivity index (χ3n) is 4.22. The van der Waals surface area contributed by atoms with Crippen molar-refractivity contribution in [2.45, 2.75) is 20.4 Å². The number of Topliss-reactive ketones (excluding diaryl/α,β-unsaturated/α-hetero) is 1. The topological polar surface area (TPSA) is 60.7 Å². The van der Waals surface area contributed by atoms with Gasteiger partial charge in [0.15, 0.2) is 10.6 Å². The molecule has 0 fully saturated rings. The van der Waals surface area contributed by atoms with Gasteiger partial charge in [0, 0.05) is 23.4 Å². The standard InChI is InChI=1S/C21H22N2O3S2/c1-4-26-17-9-10-18-19(13-17)28-21(23(18)11-12-27-3)22-20(25)16-7-5-15(6-8-16)14(2)24/h5-10,13H,4,11-12H2,1-3H3. The number of hydrogen-bond acceptors (Lipinski definition) is 5. The number of amides is 1. The molecule has 1 heterocycles. The van der Waals surface area contributed by atoms with Crippen LogP contribution in [0.3, 0.4) is 0 Å². The maximum Gasteiger partial charge on any atom is 0.279 e. The summed E-state index contributed by atoms with van der Waals surface area (Å²) in [5.41, 5.74) is 2.09. The minimum absolute atomic E-state index is 0.0274. The molecule has 3 aromatic rings. The van der Waals surface area contributed by atoms with Crippen LogP contribution < -0.4 is 9.54 Å².